The van der Waals surface area contributed by atoms with Crippen LogP contribution < -0.4 is 4.72 Å². The molecule has 0 bridgehead atoms. The van der Waals surface area contributed by atoms with Crippen molar-refractivity contribution in [2.24, 2.45) is 0 Å². The molecule has 1 saturated heterocycles. The van der Waals surface area contributed by atoms with Gasteiger partial charge in [-0.15, -0.1) is 0 Å². The van der Waals surface area contributed by atoms with Crippen molar-refractivity contribution < 1.29 is 18.0 Å². The summed E-state index contributed by atoms with van der Waals surface area (Å²) >= 11 is 6.11. The zero-order valence-electron chi connectivity index (χ0n) is 15.5. The van der Waals surface area contributed by atoms with Crippen LogP contribution in [0.4, 0.5) is 0 Å². The number of fused-ring (bicyclic) bond motifs is 1. The van der Waals surface area contributed by atoms with Crippen LogP contribution >= 0.6 is 11.6 Å². The Hall–Kier alpha value is -2.48. The van der Waals surface area contributed by atoms with Crippen molar-refractivity contribution in [2.75, 3.05) is 13.1 Å². The Morgan fingerprint density at radius 2 is 1.48 bits per heavy atom. The third kappa shape index (κ3) is 3.61. The van der Waals surface area contributed by atoms with Gasteiger partial charge in [0.15, 0.2) is 4.91 Å². The molecular weight excluding hydrogens is 412 g/mol. The molecule has 0 aromatic heterocycles. The Kier molecular flexibility index (Phi) is 5.29. The summed E-state index contributed by atoms with van der Waals surface area (Å²) in [6.07, 6.45) is 1.68. The van der Waals surface area contributed by atoms with Crippen molar-refractivity contribution in [1.29, 1.82) is 0 Å². The van der Waals surface area contributed by atoms with Crippen molar-refractivity contribution in [1.82, 2.24) is 9.62 Å². The lowest BCUT2D eigenvalue weighted by Gasteiger charge is -2.27. The van der Waals surface area contributed by atoms with Crippen LogP contribution in [0.15, 0.2) is 59.1 Å². The van der Waals surface area contributed by atoms with Gasteiger partial charge in [-0.3, -0.25) is 9.59 Å². The number of nitrogens with zero attached hydrogens (tertiary/aromatic N) is 1. The molecule has 29 heavy (non-hydrogen) atoms. The maximum Gasteiger partial charge on any atom is 0.247 e. The Labute approximate surface area is 174 Å². The molecule has 8 heteroatoms. The summed E-state index contributed by atoms with van der Waals surface area (Å²) < 4.78 is 28.8. The molecule has 0 atom stereocenters. The highest BCUT2D eigenvalue weighted by atomic mass is 35.5. The Bertz CT molecular complexity index is 1130. The fourth-order valence-electron chi connectivity index (χ4n) is 3.70. The first-order valence-corrected chi connectivity index (χ1v) is 11.2. The van der Waals surface area contributed by atoms with Crippen molar-refractivity contribution in [3.63, 3.8) is 0 Å². The lowest BCUT2D eigenvalue weighted by molar-refractivity contribution is 0.0952. The second-order valence-corrected chi connectivity index (χ2v) is 9.10. The summed E-state index contributed by atoms with van der Waals surface area (Å²) in [4.78, 5) is 27.6. The molecule has 1 aliphatic heterocycles. The van der Waals surface area contributed by atoms with E-state index in [0.29, 0.717) is 23.7 Å². The minimum Gasteiger partial charge on any atom is -0.367 e. The lowest BCUT2D eigenvalue weighted by Crippen LogP contribution is -2.38. The van der Waals surface area contributed by atoms with Crippen LogP contribution in [0.3, 0.4) is 0 Å². The minimum absolute atomic E-state index is 0.0298. The largest absolute Gasteiger partial charge is 0.367 e. The molecule has 0 saturated carbocycles. The predicted molar refractivity (Wildman–Crippen MR) is 110 cm³/mol. The standard InChI is InChI=1S/C21H19ClN2O4S/c22-17-10-4-1-7-14(17)13-23-29(27,28)21-18(24-11-5-6-12-24)19(25)15-8-2-3-9-16(15)20(21)26/h1-4,7-10,23H,5-6,11-13H2. The fourth-order valence-corrected chi connectivity index (χ4v) is 5.23. The fraction of sp³-hybridized carbons (Fsp3) is 0.238. The summed E-state index contributed by atoms with van der Waals surface area (Å²) in [5.74, 6) is -1.09. The van der Waals surface area contributed by atoms with E-state index in [1.807, 2.05) is 0 Å². The normalized spacial score (nSPS) is 17.1. The van der Waals surface area contributed by atoms with E-state index in [0.717, 1.165) is 12.8 Å². The average molecular weight is 431 g/mol. The number of halogens is 1. The summed E-state index contributed by atoms with van der Waals surface area (Å²) in [6, 6.07) is 13.2. The second kappa shape index (κ2) is 7.74. The first kappa shape index (κ1) is 19.8. The molecule has 2 aliphatic rings. The van der Waals surface area contributed by atoms with Gasteiger partial charge in [0, 0.05) is 35.8 Å². The van der Waals surface area contributed by atoms with Gasteiger partial charge in [0.1, 0.15) is 5.70 Å². The highest BCUT2D eigenvalue weighted by Gasteiger charge is 2.41. The number of nitrogens with one attached hydrogen (secondary N) is 1. The topological polar surface area (TPSA) is 83.6 Å². The van der Waals surface area contributed by atoms with E-state index in [2.05, 4.69) is 4.72 Å². The number of allylic oxidation sites excluding steroid dienone is 2. The Morgan fingerprint density at radius 3 is 2.14 bits per heavy atom. The summed E-state index contributed by atoms with van der Waals surface area (Å²) in [6.45, 7) is 1.00. The van der Waals surface area contributed by atoms with Gasteiger partial charge in [-0.05, 0) is 24.5 Å². The van der Waals surface area contributed by atoms with Gasteiger partial charge in [-0.2, -0.15) is 0 Å². The molecule has 2 aromatic carbocycles. The average Bonchev–Trinajstić information content (AvgIpc) is 3.24. The Morgan fingerprint density at radius 1 is 0.897 bits per heavy atom. The monoisotopic (exact) mass is 430 g/mol. The molecule has 0 unspecified atom stereocenters. The number of ketones is 2. The minimum atomic E-state index is -4.25. The van der Waals surface area contributed by atoms with E-state index >= 15 is 0 Å². The highest BCUT2D eigenvalue weighted by molar-refractivity contribution is 7.94. The molecule has 1 fully saturated rings. The van der Waals surface area contributed by atoms with E-state index in [4.69, 9.17) is 11.6 Å². The van der Waals surface area contributed by atoms with Crippen LogP contribution in [-0.4, -0.2) is 38.0 Å². The number of hydrogen-bond acceptors (Lipinski definition) is 5. The molecule has 2 aromatic rings. The second-order valence-electron chi connectivity index (χ2n) is 6.99. The molecule has 4 rings (SSSR count). The van der Waals surface area contributed by atoms with E-state index in [1.54, 1.807) is 47.4 Å². The summed E-state index contributed by atoms with van der Waals surface area (Å²) in [7, 11) is -4.25. The van der Waals surface area contributed by atoms with E-state index < -0.39 is 26.5 Å². The van der Waals surface area contributed by atoms with Gasteiger partial charge in [0.2, 0.25) is 21.6 Å². The van der Waals surface area contributed by atoms with Crippen LogP contribution in [0.1, 0.15) is 39.1 Å². The van der Waals surface area contributed by atoms with Gasteiger partial charge in [0.05, 0.1) is 0 Å². The maximum atomic E-state index is 13.2. The number of sulfonamides is 1. The summed E-state index contributed by atoms with van der Waals surface area (Å²) in [5.41, 5.74) is 0.900. The zero-order chi connectivity index (χ0) is 20.6. The quantitative estimate of drug-likeness (QED) is 0.787. The molecule has 150 valence electrons. The molecule has 0 radical (unpaired) electrons. The van der Waals surface area contributed by atoms with Crippen molar-refractivity contribution >= 4 is 33.2 Å². The Balaban J connectivity index is 1.78. The molecule has 6 nitrogen and oxygen atoms in total. The van der Waals surface area contributed by atoms with Crippen LogP contribution in [0.2, 0.25) is 5.02 Å². The molecule has 0 spiro atoms. The zero-order valence-corrected chi connectivity index (χ0v) is 17.1. The smallest absolute Gasteiger partial charge is 0.247 e. The third-order valence-electron chi connectivity index (χ3n) is 5.15. The van der Waals surface area contributed by atoms with E-state index in [1.165, 1.54) is 6.07 Å². The van der Waals surface area contributed by atoms with E-state index in [9.17, 15) is 18.0 Å². The third-order valence-corrected chi connectivity index (χ3v) is 6.96. The van der Waals surface area contributed by atoms with Gasteiger partial charge in [-0.25, -0.2) is 13.1 Å². The number of likely N-dealkylation sites (tertiary alicyclic amines) is 1. The van der Waals surface area contributed by atoms with Gasteiger partial charge in [-0.1, -0.05) is 54.1 Å². The van der Waals surface area contributed by atoms with Crippen molar-refractivity contribution in [2.45, 2.75) is 19.4 Å². The first-order valence-electron chi connectivity index (χ1n) is 9.31. The highest BCUT2D eigenvalue weighted by Crippen LogP contribution is 2.33. The first-order chi connectivity index (χ1) is 13.9. The van der Waals surface area contributed by atoms with E-state index in [-0.39, 0.29) is 23.4 Å². The number of rotatable bonds is 5. The van der Waals surface area contributed by atoms with Gasteiger partial charge < -0.3 is 4.90 Å². The van der Waals surface area contributed by atoms with Crippen LogP contribution in [0, 0.1) is 0 Å². The van der Waals surface area contributed by atoms with Crippen LogP contribution in [-0.2, 0) is 16.6 Å². The molecule has 1 N–H and O–H groups in total. The SMILES string of the molecule is O=C1C(N2CCCC2)=C(S(=O)(=O)NCc2ccccc2Cl)C(=O)c2ccccc21. The number of Topliss-reactive ketones (excluding diaryl/α,β-unsaturated/α-hetero) is 2. The maximum absolute atomic E-state index is 13.2. The molecule has 0 amide bonds. The van der Waals surface area contributed by atoms with Gasteiger partial charge in [0.25, 0.3) is 0 Å². The lowest BCUT2D eigenvalue weighted by atomic mass is 9.92. The predicted octanol–water partition coefficient (Wildman–Crippen LogP) is 3.15. The summed E-state index contributed by atoms with van der Waals surface area (Å²) in [5, 5.41) is 0.417. The van der Waals surface area contributed by atoms with Crippen LogP contribution in [0.25, 0.3) is 0 Å². The number of carbonyl (C=O) groups is 2. The number of hydrogen-bond donors (Lipinski definition) is 1. The number of benzene rings is 2. The van der Waals surface area contributed by atoms with Crippen molar-refractivity contribution in [3.05, 3.63) is 80.8 Å². The molecular formula is C21H19ClN2O4S. The molecule has 1 aliphatic carbocycles. The molecule has 1 heterocycles. The number of carbonyl (C=O) groups excluding carboxylic acids is 2. The van der Waals surface area contributed by atoms with Gasteiger partial charge >= 0.3 is 0 Å². The van der Waals surface area contributed by atoms with Crippen LogP contribution in [0.5, 0.6) is 0 Å². The van der Waals surface area contributed by atoms with Crippen molar-refractivity contribution in [3.8, 4) is 0 Å².